The topological polar surface area (TPSA) is 101 Å². The average molecular weight is 342 g/mol. The molecule has 0 spiro atoms. The van der Waals surface area contributed by atoms with Gasteiger partial charge in [0.1, 0.15) is 12.4 Å². The van der Waals surface area contributed by atoms with E-state index in [0.29, 0.717) is 18.9 Å². The van der Waals surface area contributed by atoms with Gasteiger partial charge in [-0.25, -0.2) is 9.48 Å². The summed E-state index contributed by atoms with van der Waals surface area (Å²) in [5.41, 5.74) is 7.88. The molecule has 0 saturated carbocycles. The van der Waals surface area contributed by atoms with Crippen LogP contribution in [0.4, 0.5) is 5.82 Å². The van der Waals surface area contributed by atoms with Crippen molar-refractivity contribution in [1.82, 2.24) is 14.7 Å². The molecule has 3 rings (SSSR count). The second kappa shape index (κ2) is 6.96. The van der Waals surface area contributed by atoms with E-state index in [1.54, 1.807) is 24.3 Å². The molecule has 1 fully saturated rings. The number of amides is 1. The number of nitrogens with zero attached hydrogens (tertiary/aromatic N) is 3. The summed E-state index contributed by atoms with van der Waals surface area (Å²) in [6, 6.07) is 8.71. The zero-order valence-electron chi connectivity index (χ0n) is 14.2. The highest BCUT2D eigenvalue weighted by Gasteiger charge is 2.25. The molecule has 7 heteroatoms. The lowest BCUT2D eigenvalue weighted by molar-refractivity contribution is -0.133. The molecule has 1 aromatic heterocycles. The largest absolute Gasteiger partial charge is 0.478 e. The van der Waals surface area contributed by atoms with Gasteiger partial charge in [0.05, 0.1) is 11.3 Å². The first kappa shape index (κ1) is 17.0. The van der Waals surface area contributed by atoms with Gasteiger partial charge in [-0.2, -0.15) is 5.10 Å². The summed E-state index contributed by atoms with van der Waals surface area (Å²) in [7, 11) is 0. The number of likely N-dealkylation sites (tertiary alicyclic amines) is 1. The number of benzene rings is 1. The van der Waals surface area contributed by atoms with Crippen LogP contribution in [0.15, 0.2) is 30.3 Å². The highest BCUT2D eigenvalue weighted by Crippen LogP contribution is 2.27. The first-order valence-electron chi connectivity index (χ1n) is 8.35. The van der Waals surface area contributed by atoms with Crippen LogP contribution in [-0.4, -0.2) is 44.8 Å². The first-order valence-corrected chi connectivity index (χ1v) is 8.35. The molecular weight excluding hydrogens is 320 g/mol. The van der Waals surface area contributed by atoms with Crippen molar-refractivity contribution >= 4 is 17.7 Å². The fraction of sp³-hybridized carbons (Fsp3) is 0.389. The lowest BCUT2D eigenvalue weighted by Crippen LogP contribution is -2.41. The van der Waals surface area contributed by atoms with Crippen LogP contribution in [0.1, 0.15) is 40.4 Å². The minimum absolute atomic E-state index is 0.0195. The van der Waals surface area contributed by atoms with E-state index in [0.717, 1.165) is 24.1 Å². The van der Waals surface area contributed by atoms with Gasteiger partial charge in [0.25, 0.3) is 0 Å². The van der Waals surface area contributed by atoms with E-state index in [2.05, 4.69) is 5.10 Å². The number of anilines is 1. The predicted molar refractivity (Wildman–Crippen MR) is 93.3 cm³/mol. The molecule has 1 aliphatic rings. The number of aryl methyl sites for hydroxylation is 1. The molecule has 1 aromatic carbocycles. The number of hydrogen-bond donors (Lipinski definition) is 2. The van der Waals surface area contributed by atoms with E-state index < -0.39 is 5.97 Å². The Kier molecular flexibility index (Phi) is 4.74. The van der Waals surface area contributed by atoms with E-state index in [1.165, 1.54) is 4.68 Å². The highest BCUT2D eigenvalue weighted by molar-refractivity contribution is 5.87. The number of carbonyl (C=O) groups excluding carboxylic acids is 1. The second-order valence-electron chi connectivity index (χ2n) is 6.48. The summed E-state index contributed by atoms with van der Waals surface area (Å²) >= 11 is 0. The number of nitrogen functional groups attached to an aromatic ring is 1. The van der Waals surface area contributed by atoms with Gasteiger partial charge in [-0.15, -0.1) is 0 Å². The van der Waals surface area contributed by atoms with Crippen molar-refractivity contribution in [1.29, 1.82) is 0 Å². The van der Waals surface area contributed by atoms with Crippen LogP contribution in [0, 0.1) is 6.92 Å². The summed E-state index contributed by atoms with van der Waals surface area (Å²) in [4.78, 5) is 25.6. The van der Waals surface area contributed by atoms with Gasteiger partial charge in [-0.05, 0) is 37.5 Å². The molecule has 1 saturated heterocycles. The summed E-state index contributed by atoms with van der Waals surface area (Å²) in [5.74, 6) is -0.328. The zero-order chi connectivity index (χ0) is 18.0. The van der Waals surface area contributed by atoms with Gasteiger partial charge >= 0.3 is 5.97 Å². The van der Waals surface area contributed by atoms with Crippen LogP contribution in [0.25, 0.3) is 0 Å². The first-order chi connectivity index (χ1) is 11.9. The Hall–Kier alpha value is -2.83. The molecule has 132 valence electrons. The smallest absolute Gasteiger partial charge is 0.335 e. The normalized spacial score (nSPS) is 17.5. The van der Waals surface area contributed by atoms with Crippen LogP contribution in [0.2, 0.25) is 0 Å². The predicted octanol–water partition coefficient (Wildman–Crippen LogP) is 1.88. The van der Waals surface area contributed by atoms with Gasteiger partial charge in [0.15, 0.2) is 0 Å². The molecule has 0 radical (unpaired) electrons. The third-order valence-electron chi connectivity index (χ3n) is 4.60. The van der Waals surface area contributed by atoms with Crippen LogP contribution in [0.3, 0.4) is 0 Å². The van der Waals surface area contributed by atoms with Crippen molar-refractivity contribution in [3.05, 3.63) is 47.2 Å². The van der Waals surface area contributed by atoms with E-state index in [1.807, 2.05) is 17.9 Å². The SMILES string of the molecule is Cc1cc(N)n(CC(=O)N2CCCC(c3cccc(C(=O)O)c3)C2)n1. The van der Waals surface area contributed by atoms with Crippen molar-refractivity contribution in [3.8, 4) is 0 Å². The summed E-state index contributed by atoms with van der Waals surface area (Å²) < 4.78 is 1.52. The Morgan fingerprint density at radius 2 is 2.16 bits per heavy atom. The Labute approximate surface area is 146 Å². The average Bonchev–Trinajstić information content (AvgIpc) is 2.92. The number of hydrogen-bond acceptors (Lipinski definition) is 4. The van der Waals surface area contributed by atoms with Gasteiger partial charge in [0, 0.05) is 25.1 Å². The summed E-state index contributed by atoms with van der Waals surface area (Å²) in [6.07, 6.45) is 1.83. The molecule has 1 aliphatic heterocycles. The van der Waals surface area contributed by atoms with Gasteiger partial charge < -0.3 is 15.7 Å². The zero-order valence-corrected chi connectivity index (χ0v) is 14.2. The van der Waals surface area contributed by atoms with Crippen molar-refractivity contribution in [2.45, 2.75) is 32.2 Å². The van der Waals surface area contributed by atoms with Crippen molar-refractivity contribution < 1.29 is 14.7 Å². The van der Waals surface area contributed by atoms with Crippen LogP contribution in [-0.2, 0) is 11.3 Å². The van der Waals surface area contributed by atoms with Crippen molar-refractivity contribution in [2.75, 3.05) is 18.8 Å². The number of aromatic carboxylic acids is 1. The standard InChI is InChI=1S/C18H22N4O3/c1-12-8-16(19)22(20-12)11-17(23)21-7-3-6-15(10-21)13-4-2-5-14(9-13)18(24)25/h2,4-5,8-9,15H,3,6-7,10-11,19H2,1H3,(H,24,25). The molecule has 0 aliphatic carbocycles. The molecule has 2 heterocycles. The maximum absolute atomic E-state index is 12.6. The maximum Gasteiger partial charge on any atom is 0.335 e. The van der Waals surface area contributed by atoms with E-state index in [-0.39, 0.29) is 23.9 Å². The third-order valence-corrected chi connectivity index (χ3v) is 4.60. The quantitative estimate of drug-likeness (QED) is 0.883. The lowest BCUT2D eigenvalue weighted by Gasteiger charge is -2.33. The molecule has 1 unspecified atom stereocenters. The number of rotatable bonds is 4. The molecule has 7 nitrogen and oxygen atoms in total. The molecule has 1 atom stereocenters. The van der Waals surface area contributed by atoms with E-state index in [4.69, 9.17) is 10.8 Å². The minimum Gasteiger partial charge on any atom is -0.478 e. The monoisotopic (exact) mass is 342 g/mol. The number of carboxylic acids is 1. The summed E-state index contributed by atoms with van der Waals surface area (Å²) in [6.45, 7) is 3.25. The Bertz CT molecular complexity index is 799. The lowest BCUT2D eigenvalue weighted by atomic mass is 9.89. The molecule has 2 aromatic rings. The molecule has 25 heavy (non-hydrogen) atoms. The van der Waals surface area contributed by atoms with Crippen LogP contribution in [0.5, 0.6) is 0 Å². The summed E-state index contributed by atoms with van der Waals surface area (Å²) in [5, 5.41) is 13.4. The third kappa shape index (κ3) is 3.81. The number of aromatic nitrogens is 2. The molecule has 0 bridgehead atoms. The van der Waals surface area contributed by atoms with Crippen LogP contribution >= 0.6 is 0 Å². The van der Waals surface area contributed by atoms with Crippen LogP contribution < -0.4 is 5.73 Å². The molecule has 1 amide bonds. The number of carboxylic acid groups (broad SMARTS) is 1. The molecule has 3 N–H and O–H groups in total. The van der Waals surface area contributed by atoms with Crippen molar-refractivity contribution in [3.63, 3.8) is 0 Å². The fourth-order valence-corrected chi connectivity index (χ4v) is 3.32. The van der Waals surface area contributed by atoms with E-state index in [9.17, 15) is 9.59 Å². The van der Waals surface area contributed by atoms with E-state index >= 15 is 0 Å². The van der Waals surface area contributed by atoms with Gasteiger partial charge in [-0.3, -0.25) is 4.79 Å². The Morgan fingerprint density at radius 1 is 1.36 bits per heavy atom. The highest BCUT2D eigenvalue weighted by atomic mass is 16.4. The number of nitrogens with two attached hydrogens (primary N) is 1. The van der Waals surface area contributed by atoms with Crippen molar-refractivity contribution in [2.24, 2.45) is 0 Å². The number of carbonyl (C=O) groups is 2. The van der Waals surface area contributed by atoms with Gasteiger partial charge in [0.2, 0.25) is 5.91 Å². The Morgan fingerprint density at radius 3 is 2.84 bits per heavy atom. The number of piperidine rings is 1. The van der Waals surface area contributed by atoms with Gasteiger partial charge in [-0.1, -0.05) is 12.1 Å². The Balaban J connectivity index is 1.70. The molecular formula is C18H22N4O3. The second-order valence-corrected chi connectivity index (χ2v) is 6.48. The minimum atomic E-state index is -0.935. The maximum atomic E-state index is 12.6. The fourth-order valence-electron chi connectivity index (χ4n) is 3.32.